The van der Waals surface area contributed by atoms with Gasteiger partial charge in [0.25, 0.3) is 0 Å². The Morgan fingerprint density at radius 2 is 1.79 bits per heavy atom. The minimum Gasteiger partial charge on any atom is -0.497 e. The van der Waals surface area contributed by atoms with Crippen LogP contribution in [0.1, 0.15) is 11.6 Å². The average Bonchev–Trinajstić information content (AvgIpc) is 2.61. The van der Waals surface area contributed by atoms with E-state index < -0.39 is 19.9 Å². The van der Waals surface area contributed by atoms with E-state index in [-0.39, 0.29) is 26.9 Å². The van der Waals surface area contributed by atoms with Crippen molar-refractivity contribution < 1.29 is 21.6 Å². The molecule has 1 atom stereocenters. The highest BCUT2D eigenvalue weighted by atomic mass is 79.9. The van der Waals surface area contributed by atoms with Gasteiger partial charge in [0.15, 0.2) is 9.84 Å². The Morgan fingerprint density at radius 3 is 2.36 bits per heavy atom. The number of sulfonamides is 1. The number of likely N-dealkylation sites (N-methyl/N-ethyl adjacent to an activating group) is 1. The molecule has 0 spiro atoms. The second-order valence-corrected chi connectivity index (χ2v) is 11.1. The summed E-state index contributed by atoms with van der Waals surface area (Å²) < 4.78 is 57.3. The maximum Gasteiger partial charge on any atom is 0.241 e. The predicted molar refractivity (Wildman–Crippen MR) is 112 cm³/mol. The number of hydrogen-bond acceptors (Lipinski definition) is 6. The molecule has 0 aliphatic carbocycles. The zero-order valence-corrected chi connectivity index (χ0v) is 19.2. The highest BCUT2D eigenvalue weighted by Crippen LogP contribution is 2.27. The Hall–Kier alpha value is -1.46. The number of nitrogens with one attached hydrogen (secondary N) is 1. The first-order valence-electron chi connectivity index (χ1n) is 8.25. The Balaban J connectivity index is 2.32. The molecule has 0 saturated heterocycles. The molecule has 10 heteroatoms. The summed E-state index contributed by atoms with van der Waals surface area (Å²) in [7, 11) is -2.22. The first-order chi connectivity index (χ1) is 13.0. The zero-order chi connectivity index (χ0) is 21.1. The molecule has 2 aromatic carbocycles. The Morgan fingerprint density at radius 1 is 1.11 bits per heavy atom. The van der Waals surface area contributed by atoms with Gasteiger partial charge in [-0.2, -0.15) is 0 Å². The summed E-state index contributed by atoms with van der Waals surface area (Å²) in [5, 5.41) is 0. The lowest BCUT2D eigenvalue weighted by molar-refractivity contribution is 0.298. The quantitative estimate of drug-likeness (QED) is 0.610. The second-order valence-electron chi connectivity index (χ2n) is 6.47. The number of sulfone groups is 1. The van der Waals surface area contributed by atoms with E-state index in [1.807, 2.05) is 43.3 Å². The first-order valence-corrected chi connectivity index (χ1v) is 12.4. The van der Waals surface area contributed by atoms with E-state index in [4.69, 9.17) is 4.74 Å². The van der Waals surface area contributed by atoms with Crippen LogP contribution < -0.4 is 9.46 Å². The van der Waals surface area contributed by atoms with Crippen molar-refractivity contribution in [1.82, 2.24) is 9.62 Å². The highest BCUT2D eigenvalue weighted by molar-refractivity contribution is 9.10. The second kappa shape index (κ2) is 8.91. The summed E-state index contributed by atoms with van der Waals surface area (Å²) in [4.78, 5) is 1.70. The average molecular weight is 491 g/mol. The molecule has 1 unspecified atom stereocenters. The van der Waals surface area contributed by atoms with Gasteiger partial charge in [-0.3, -0.25) is 0 Å². The Labute approximate surface area is 174 Å². The molecule has 0 aliphatic heterocycles. The molecule has 7 nitrogen and oxygen atoms in total. The van der Waals surface area contributed by atoms with Crippen molar-refractivity contribution in [1.29, 1.82) is 0 Å². The molecule has 154 valence electrons. The summed E-state index contributed by atoms with van der Waals surface area (Å²) >= 11 is 3.19. The molecule has 0 saturated carbocycles. The number of hydrogen-bond donors (Lipinski definition) is 1. The Bertz CT molecular complexity index is 1050. The molecule has 1 N–H and O–H groups in total. The van der Waals surface area contributed by atoms with E-state index in [1.54, 1.807) is 7.11 Å². The van der Waals surface area contributed by atoms with Crippen molar-refractivity contribution >= 4 is 35.8 Å². The largest absolute Gasteiger partial charge is 0.497 e. The molecule has 0 radical (unpaired) electrons. The molecule has 28 heavy (non-hydrogen) atoms. The van der Waals surface area contributed by atoms with Crippen molar-refractivity contribution in [2.24, 2.45) is 0 Å². The van der Waals surface area contributed by atoms with Crippen LogP contribution in [0.4, 0.5) is 0 Å². The lowest BCUT2D eigenvalue weighted by Crippen LogP contribution is -2.34. The van der Waals surface area contributed by atoms with Gasteiger partial charge in [-0.1, -0.05) is 12.1 Å². The fourth-order valence-corrected chi connectivity index (χ4v) is 5.38. The lowest BCUT2D eigenvalue weighted by Gasteiger charge is -2.25. The maximum atomic E-state index is 12.8. The SMILES string of the molecule is COc1cccc(C(CNS(=O)(=O)c2cc(S(C)(=O)=O)ccc2Br)N(C)C)c1. The van der Waals surface area contributed by atoms with Crippen LogP contribution in [0.5, 0.6) is 5.75 Å². The molecule has 0 heterocycles. The number of methoxy groups -OCH3 is 1. The van der Waals surface area contributed by atoms with E-state index in [1.165, 1.54) is 12.1 Å². The van der Waals surface area contributed by atoms with E-state index in [0.29, 0.717) is 5.75 Å². The third-order valence-corrected chi connectivity index (χ3v) is 7.72. The fraction of sp³-hybridized carbons (Fsp3) is 0.333. The Kier molecular flexibility index (Phi) is 7.27. The monoisotopic (exact) mass is 490 g/mol. The standard InChI is InChI=1S/C18H23BrN2O5S2/c1-21(2)17(13-6-5-7-14(10-13)26-3)12-20-28(24,25)18-11-15(27(4,22)23)8-9-16(18)19/h5-11,17,20H,12H2,1-4H3. The molecule has 2 rings (SSSR count). The van der Waals surface area contributed by atoms with Crippen molar-refractivity contribution in [2.75, 3.05) is 34.0 Å². The van der Waals surface area contributed by atoms with Crippen molar-refractivity contribution in [3.05, 3.63) is 52.5 Å². The molecule has 0 amide bonds. The molecule has 0 bridgehead atoms. The van der Waals surface area contributed by atoms with Gasteiger partial charge in [0, 0.05) is 23.3 Å². The number of benzene rings is 2. The number of halogens is 1. The molecule has 0 aromatic heterocycles. The molecule has 0 aliphatic rings. The summed E-state index contributed by atoms with van der Waals surface area (Å²) in [6.45, 7) is 0.0953. The van der Waals surface area contributed by atoms with E-state index >= 15 is 0 Å². The number of nitrogens with zero attached hydrogens (tertiary/aromatic N) is 1. The summed E-state index contributed by atoms with van der Waals surface area (Å²) in [5.41, 5.74) is 0.885. The van der Waals surface area contributed by atoms with Gasteiger partial charge in [0.05, 0.1) is 16.9 Å². The van der Waals surface area contributed by atoms with Crippen LogP contribution in [0.15, 0.2) is 56.7 Å². The smallest absolute Gasteiger partial charge is 0.241 e. The van der Waals surface area contributed by atoms with E-state index in [2.05, 4.69) is 20.7 Å². The van der Waals surface area contributed by atoms with E-state index in [0.717, 1.165) is 17.9 Å². The van der Waals surface area contributed by atoms with Crippen molar-refractivity contribution in [3.8, 4) is 5.75 Å². The summed E-state index contributed by atoms with van der Waals surface area (Å²) in [6, 6.07) is 11.1. The third-order valence-electron chi connectivity index (χ3n) is 4.19. The minimum absolute atomic E-state index is 0.0620. The van der Waals surface area contributed by atoms with Crippen molar-refractivity contribution in [2.45, 2.75) is 15.8 Å². The maximum absolute atomic E-state index is 12.8. The molecule has 2 aromatic rings. The van der Waals surface area contributed by atoms with Gasteiger partial charge >= 0.3 is 0 Å². The third kappa shape index (κ3) is 5.54. The highest BCUT2D eigenvalue weighted by Gasteiger charge is 2.23. The van der Waals surface area contributed by atoms with Crippen LogP contribution in [0.25, 0.3) is 0 Å². The van der Waals surface area contributed by atoms with E-state index in [9.17, 15) is 16.8 Å². The van der Waals surface area contributed by atoms with Gasteiger partial charge < -0.3 is 9.64 Å². The van der Waals surface area contributed by atoms with Crippen LogP contribution in [-0.2, 0) is 19.9 Å². The lowest BCUT2D eigenvalue weighted by atomic mass is 10.1. The number of rotatable bonds is 8. The summed E-state index contributed by atoms with van der Waals surface area (Å²) in [5.74, 6) is 0.677. The van der Waals surface area contributed by atoms with Crippen LogP contribution in [0, 0.1) is 0 Å². The number of ether oxygens (including phenoxy) is 1. The topological polar surface area (TPSA) is 92.8 Å². The van der Waals surface area contributed by atoms with Crippen LogP contribution in [-0.4, -0.2) is 55.7 Å². The van der Waals surface area contributed by atoms with Crippen molar-refractivity contribution in [3.63, 3.8) is 0 Å². The first kappa shape index (κ1) is 22.8. The van der Waals surface area contributed by atoms with Gasteiger partial charge in [0.1, 0.15) is 5.75 Å². The fourth-order valence-electron chi connectivity index (χ4n) is 2.63. The predicted octanol–water partition coefficient (Wildman–Crippen LogP) is 2.44. The molecular weight excluding hydrogens is 468 g/mol. The van der Waals surface area contributed by atoms with Gasteiger partial charge in [-0.05, 0) is 65.9 Å². The van der Waals surface area contributed by atoms with Gasteiger partial charge in [-0.15, -0.1) is 0 Å². The van der Waals surface area contributed by atoms with Crippen LogP contribution in [0.3, 0.4) is 0 Å². The normalized spacial score (nSPS) is 13.5. The van der Waals surface area contributed by atoms with Crippen LogP contribution in [0.2, 0.25) is 0 Å². The van der Waals surface area contributed by atoms with Gasteiger partial charge in [0.2, 0.25) is 10.0 Å². The van der Waals surface area contributed by atoms with Gasteiger partial charge in [-0.25, -0.2) is 21.6 Å². The zero-order valence-electron chi connectivity index (χ0n) is 16.0. The molecule has 0 fully saturated rings. The molecular formula is C18H23BrN2O5S2. The summed E-state index contributed by atoms with van der Waals surface area (Å²) in [6.07, 6.45) is 1.03. The van der Waals surface area contributed by atoms with Crippen LogP contribution >= 0.6 is 15.9 Å². The minimum atomic E-state index is -3.95.